The number of nitrogens with zero attached hydrogens (tertiary/aromatic N) is 3. The number of aromatic amines is 1. The third kappa shape index (κ3) is 2.16. The first-order valence-electron chi connectivity index (χ1n) is 8.27. The number of rotatable bonds is 2. The fourth-order valence-electron chi connectivity index (χ4n) is 3.69. The van der Waals surface area contributed by atoms with Gasteiger partial charge in [-0.15, -0.1) is 5.10 Å². The van der Waals surface area contributed by atoms with Crippen molar-refractivity contribution in [3.63, 3.8) is 0 Å². The maximum atomic E-state index is 5.50. The summed E-state index contributed by atoms with van der Waals surface area (Å²) in [6.45, 7) is 0. The van der Waals surface area contributed by atoms with Gasteiger partial charge in [0.15, 0.2) is 0 Å². The van der Waals surface area contributed by atoms with Crippen molar-refractivity contribution in [1.82, 2.24) is 19.7 Å². The van der Waals surface area contributed by atoms with Crippen LogP contribution in [0.4, 0.5) is 0 Å². The summed E-state index contributed by atoms with van der Waals surface area (Å²) in [6.07, 6.45) is 12.9. The van der Waals surface area contributed by atoms with E-state index in [1.54, 1.807) is 7.11 Å². The van der Waals surface area contributed by atoms with Crippen LogP contribution in [0.5, 0.6) is 5.88 Å². The van der Waals surface area contributed by atoms with Gasteiger partial charge in [-0.25, -0.2) is 4.98 Å². The van der Waals surface area contributed by atoms with Crippen LogP contribution in [0.1, 0.15) is 51.0 Å². The van der Waals surface area contributed by atoms with Crippen LogP contribution < -0.4 is 4.74 Å². The molecule has 0 bridgehead atoms. The number of hydrogen-bond acceptors (Lipinski definition) is 3. The second-order valence-electron chi connectivity index (χ2n) is 6.21. The molecular formula is C17H22N4O. The van der Waals surface area contributed by atoms with E-state index < -0.39 is 0 Å². The lowest BCUT2D eigenvalue weighted by Gasteiger charge is -2.21. The summed E-state index contributed by atoms with van der Waals surface area (Å²) in [7, 11) is 1.69. The Hall–Kier alpha value is -2.04. The molecule has 3 aromatic rings. The second kappa shape index (κ2) is 5.63. The molecule has 1 saturated carbocycles. The first-order chi connectivity index (χ1) is 10.9. The van der Waals surface area contributed by atoms with Gasteiger partial charge >= 0.3 is 0 Å². The van der Waals surface area contributed by atoms with Gasteiger partial charge in [0.1, 0.15) is 5.65 Å². The van der Waals surface area contributed by atoms with Crippen molar-refractivity contribution in [2.24, 2.45) is 0 Å². The van der Waals surface area contributed by atoms with E-state index in [-0.39, 0.29) is 0 Å². The van der Waals surface area contributed by atoms with E-state index in [1.165, 1.54) is 44.9 Å². The van der Waals surface area contributed by atoms with E-state index in [4.69, 9.17) is 9.84 Å². The van der Waals surface area contributed by atoms with E-state index in [1.807, 2.05) is 12.4 Å². The zero-order valence-electron chi connectivity index (χ0n) is 13.0. The average molecular weight is 298 g/mol. The van der Waals surface area contributed by atoms with Crippen LogP contribution in [0.25, 0.3) is 21.9 Å². The molecular weight excluding hydrogens is 276 g/mol. The molecule has 0 spiro atoms. The van der Waals surface area contributed by atoms with Crippen LogP contribution >= 0.6 is 0 Å². The van der Waals surface area contributed by atoms with Crippen LogP contribution in [0.2, 0.25) is 0 Å². The Morgan fingerprint density at radius 2 is 1.91 bits per heavy atom. The van der Waals surface area contributed by atoms with Gasteiger partial charge in [-0.1, -0.05) is 32.1 Å². The van der Waals surface area contributed by atoms with E-state index >= 15 is 0 Å². The minimum atomic E-state index is 0.465. The highest BCUT2D eigenvalue weighted by molar-refractivity contribution is 6.04. The highest BCUT2D eigenvalue weighted by Gasteiger charge is 2.21. The van der Waals surface area contributed by atoms with Crippen LogP contribution in [0.3, 0.4) is 0 Å². The summed E-state index contributed by atoms with van der Waals surface area (Å²) in [4.78, 5) is 7.68. The van der Waals surface area contributed by atoms with Gasteiger partial charge in [-0.05, 0) is 18.9 Å². The molecule has 3 aromatic heterocycles. The number of pyridine rings is 1. The molecule has 3 heterocycles. The van der Waals surface area contributed by atoms with Crippen molar-refractivity contribution in [3.05, 3.63) is 18.5 Å². The maximum absolute atomic E-state index is 5.50. The fraction of sp³-hybridized carbons (Fsp3) is 0.529. The predicted octanol–water partition coefficient (Wildman–Crippen LogP) is 4.21. The van der Waals surface area contributed by atoms with Gasteiger partial charge in [0, 0.05) is 17.8 Å². The van der Waals surface area contributed by atoms with E-state index in [0.717, 1.165) is 21.9 Å². The SMILES string of the molecule is COc1nn(C2CCCCCCC2)c2c1cnc1[nH]ccc12. The van der Waals surface area contributed by atoms with Gasteiger partial charge in [-0.2, -0.15) is 0 Å². The molecule has 1 N–H and O–H groups in total. The minimum Gasteiger partial charge on any atom is -0.479 e. The standard InChI is InChI=1S/C17H22N4O/c1-22-17-14-11-19-16-13(9-10-18-16)15(14)21(20-17)12-7-5-3-2-4-6-8-12/h9-12H,2-8H2,1H3,(H,18,19). The molecule has 1 fully saturated rings. The second-order valence-corrected chi connectivity index (χ2v) is 6.21. The molecule has 116 valence electrons. The van der Waals surface area contributed by atoms with E-state index in [9.17, 15) is 0 Å². The lowest BCUT2D eigenvalue weighted by Crippen LogP contribution is -2.12. The molecule has 4 rings (SSSR count). The quantitative estimate of drug-likeness (QED) is 0.771. The van der Waals surface area contributed by atoms with Crippen molar-refractivity contribution in [1.29, 1.82) is 0 Å². The average Bonchev–Trinajstić information content (AvgIpc) is 3.10. The molecule has 0 aliphatic heterocycles. The fourth-order valence-corrected chi connectivity index (χ4v) is 3.69. The first-order valence-corrected chi connectivity index (χ1v) is 8.27. The summed E-state index contributed by atoms with van der Waals surface area (Å²) in [5.74, 6) is 0.688. The molecule has 0 amide bonds. The molecule has 0 saturated heterocycles. The van der Waals surface area contributed by atoms with Gasteiger partial charge in [0.25, 0.3) is 0 Å². The molecule has 0 unspecified atom stereocenters. The van der Waals surface area contributed by atoms with E-state index in [0.29, 0.717) is 11.9 Å². The van der Waals surface area contributed by atoms with Crippen LogP contribution in [0.15, 0.2) is 18.5 Å². The van der Waals surface area contributed by atoms with E-state index in [2.05, 4.69) is 20.7 Å². The molecule has 0 atom stereocenters. The summed E-state index contributed by atoms with van der Waals surface area (Å²) in [5, 5.41) is 6.92. The topological polar surface area (TPSA) is 55.7 Å². The minimum absolute atomic E-state index is 0.465. The smallest absolute Gasteiger partial charge is 0.242 e. The molecule has 0 radical (unpaired) electrons. The van der Waals surface area contributed by atoms with Crippen LogP contribution in [-0.4, -0.2) is 26.9 Å². The van der Waals surface area contributed by atoms with Crippen molar-refractivity contribution in [2.45, 2.75) is 51.0 Å². The van der Waals surface area contributed by atoms with Gasteiger partial charge in [0.05, 0.1) is 24.1 Å². The lowest BCUT2D eigenvalue weighted by atomic mass is 9.96. The summed E-state index contributed by atoms with van der Waals surface area (Å²) in [6, 6.07) is 2.55. The largest absolute Gasteiger partial charge is 0.479 e. The highest BCUT2D eigenvalue weighted by Crippen LogP contribution is 2.35. The third-order valence-electron chi connectivity index (χ3n) is 4.83. The van der Waals surface area contributed by atoms with Crippen molar-refractivity contribution in [3.8, 4) is 5.88 Å². The molecule has 0 aromatic carbocycles. The van der Waals surface area contributed by atoms with Gasteiger partial charge in [-0.3, -0.25) is 4.68 Å². The monoisotopic (exact) mass is 298 g/mol. The first kappa shape index (κ1) is 13.6. The van der Waals surface area contributed by atoms with Gasteiger partial charge < -0.3 is 9.72 Å². The third-order valence-corrected chi connectivity index (χ3v) is 4.83. The Kier molecular flexibility index (Phi) is 3.48. The molecule has 5 nitrogen and oxygen atoms in total. The normalized spacial score (nSPS) is 17.7. The van der Waals surface area contributed by atoms with Gasteiger partial charge in [0.2, 0.25) is 5.88 Å². The van der Waals surface area contributed by atoms with Crippen molar-refractivity contribution >= 4 is 21.9 Å². The highest BCUT2D eigenvalue weighted by atomic mass is 16.5. The predicted molar refractivity (Wildman–Crippen MR) is 87.3 cm³/mol. The molecule has 1 aliphatic rings. The Balaban J connectivity index is 1.89. The van der Waals surface area contributed by atoms with Crippen LogP contribution in [0, 0.1) is 0 Å². The number of aromatic nitrogens is 4. The Bertz CT molecular complexity index is 781. The van der Waals surface area contributed by atoms with Crippen molar-refractivity contribution < 1.29 is 4.74 Å². The maximum Gasteiger partial charge on any atom is 0.242 e. The van der Waals surface area contributed by atoms with Crippen LogP contribution in [-0.2, 0) is 0 Å². The Labute approximate surface area is 129 Å². The molecule has 22 heavy (non-hydrogen) atoms. The number of methoxy groups -OCH3 is 1. The lowest BCUT2D eigenvalue weighted by molar-refractivity contribution is 0.337. The zero-order chi connectivity index (χ0) is 14.9. The Morgan fingerprint density at radius 1 is 1.14 bits per heavy atom. The Morgan fingerprint density at radius 3 is 2.68 bits per heavy atom. The number of nitrogens with one attached hydrogen (secondary N) is 1. The summed E-state index contributed by atoms with van der Waals surface area (Å²) in [5.41, 5.74) is 2.08. The molecule has 1 aliphatic carbocycles. The summed E-state index contributed by atoms with van der Waals surface area (Å²) >= 11 is 0. The number of hydrogen-bond donors (Lipinski definition) is 1. The zero-order valence-corrected chi connectivity index (χ0v) is 13.0. The number of fused-ring (bicyclic) bond motifs is 3. The number of H-pyrrole nitrogens is 1. The number of ether oxygens (including phenoxy) is 1. The molecule has 5 heteroatoms. The summed E-state index contributed by atoms with van der Waals surface area (Å²) < 4.78 is 7.70. The van der Waals surface area contributed by atoms with Crippen molar-refractivity contribution in [2.75, 3.05) is 7.11 Å².